The fraction of sp³-hybridized carbons (Fsp3) is 0.333. The molecule has 0 unspecified atom stereocenters. The first-order valence-electron chi connectivity index (χ1n) is 6.26. The van der Waals surface area contributed by atoms with Crippen molar-refractivity contribution in [2.24, 2.45) is 0 Å². The van der Waals surface area contributed by atoms with E-state index in [9.17, 15) is 19.1 Å². The van der Waals surface area contributed by atoms with Crippen molar-refractivity contribution in [1.82, 2.24) is 0 Å². The summed E-state index contributed by atoms with van der Waals surface area (Å²) in [6.07, 6.45) is 0. The number of hydrogen-bond acceptors (Lipinski definition) is 4. The van der Waals surface area contributed by atoms with Gasteiger partial charge < -0.3 is 9.84 Å². The highest BCUT2D eigenvalue weighted by Gasteiger charge is 2.45. The van der Waals surface area contributed by atoms with E-state index in [1.165, 1.54) is 32.0 Å². The van der Waals surface area contributed by atoms with Crippen molar-refractivity contribution in [2.45, 2.75) is 26.2 Å². The van der Waals surface area contributed by atoms with Crippen LogP contribution in [0.5, 0.6) is 0 Å². The van der Waals surface area contributed by atoms with Gasteiger partial charge >= 0.3 is 5.97 Å². The van der Waals surface area contributed by atoms with Crippen LogP contribution in [0.25, 0.3) is 5.76 Å². The fourth-order valence-corrected chi connectivity index (χ4v) is 2.42. The summed E-state index contributed by atoms with van der Waals surface area (Å²) in [7, 11) is 0. The third-order valence-electron chi connectivity index (χ3n) is 3.40. The highest BCUT2D eigenvalue weighted by atomic mass is 19.1. The summed E-state index contributed by atoms with van der Waals surface area (Å²) < 4.78 is 18.8. The van der Waals surface area contributed by atoms with E-state index in [1.54, 1.807) is 6.92 Å². The molecule has 5 heteroatoms. The minimum atomic E-state index is -1.24. The smallest absolute Gasteiger partial charge is 0.345 e. The van der Waals surface area contributed by atoms with E-state index in [0.717, 1.165) is 0 Å². The van der Waals surface area contributed by atoms with Crippen LogP contribution in [0.2, 0.25) is 0 Å². The number of rotatable bonds is 2. The Balaban J connectivity index is 2.74. The molecule has 0 saturated carbocycles. The maximum Gasteiger partial charge on any atom is 0.345 e. The molecule has 0 amide bonds. The largest absolute Gasteiger partial charge is 0.506 e. The molecule has 0 radical (unpaired) electrons. The summed E-state index contributed by atoms with van der Waals surface area (Å²) in [5.74, 6) is -2.65. The standard InChI is InChI=1S/C15H15FO4/c1-4-20-14(19)10-12(17)8-6-5-7-9(16)11(8)15(2,3)13(10)18/h5-7,17H,4H2,1-3H3. The second kappa shape index (κ2) is 4.74. The van der Waals surface area contributed by atoms with Crippen LogP contribution >= 0.6 is 0 Å². The van der Waals surface area contributed by atoms with Gasteiger partial charge in [-0.1, -0.05) is 12.1 Å². The SMILES string of the molecule is CCOC(=O)C1=C(O)c2cccc(F)c2C(C)(C)C1=O. The van der Waals surface area contributed by atoms with Crippen LogP contribution in [0.3, 0.4) is 0 Å². The summed E-state index contributed by atoms with van der Waals surface area (Å²) in [5, 5.41) is 10.1. The van der Waals surface area contributed by atoms with Crippen LogP contribution in [0.4, 0.5) is 4.39 Å². The Morgan fingerprint density at radius 2 is 2.05 bits per heavy atom. The van der Waals surface area contributed by atoms with E-state index in [-0.39, 0.29) is 17.7 Å². The van der Waals surface area contributed by atoms with Crippen molar-refractivity contribution < 1.29 is 23.8 Å². The molecule has 1 aliphatic carbocycles. The Kier molecular flexibility index (Phi) is 3.38. The Hall–Kier alpha value is -2.17. The van der Waals surface area contributed by atoms with E-state index in [2.05, 4.69) is 0 Å². The molecule has 0 aliphatic heterocycles. The van der Waals surface area contributed by atoms with Crippen LogP contribution in [0.15, 0.2) is 23.8 Å². The molecule has 20 heavy (non-hydrogen) atoms. The van der Waals surface area contributed by atoms with Crippen molar-refractivity contribution in [1.29, 1.82) is 0 Å². The third kappa shape index (κ3) is 1.90. The van der Waals surface area contributed by atoms with Gasteiger partial charge in [-0.05, 0) is 26.8 Å². The number of fused-ring (bicyclic) bond motifs is 1. The molecule has 1 aliphatic rings. The number of halogens is 1. The predicted octanol–water partition coefficient (Wildman–Crippen LogP) is 2.52. The zero-order chi connectivity index (χ0) is 15.1. The van der Waals surface area contributed by atoms with Gasteiger partial charge in [-0.2, -0.15) is 0 Å². The maximum atomic E-state index is 14.0. The van der Waals surface area contributed by atoms with E-state index < -0.39 is 34.3 Å². The first-order chi connectivity index (χ1) is 9.32. The van der Waals surface area contributed by atoms with Crippen molar-refractivity contribution in [3.63, 3.8) is 0 Å². The summed E-state index contributed by atoms with van der Waals surface area (Å²) in [5.41, 5.74) is -1.42. The molecule has 4 nitrogen and oxygen atoms in total. The molecule has 0 atom stereocenters. The van der Waals surface area contributed by atoms with Crippen molar-refractivity contribution in [2.75, 3.05) is 6.61 Å². The van der Waals surface area contributed by atoms with Crippen LogP contribution in [0.1, 0.15) is 31.9 Å². The maximum absolute atomic E-state index is 14.0. The number of carbonyl (C=O) groups is 2. The molecule has 0 heterocycles. The highest BCUT2D eigenvalue weighted by Crippen LogP contribution is 2.40. The second-order valence-corrected chi connectivity index (χ2v) is 5.06. The zero-order valence-corrected chi connectivity index (χ0v) is 11.5. The van der Waals surface area contributed by atoms with Gasteiger partial charge in [0.25, 0.3) is 0 Å². The lowest BCUT2D eigenvalue weighted by atomic mass is 9.71. The van der Waals surface area contributed by atoms with Crippen molar-refractivity contribution >= 4 is 17.5 Å². The number of Topliss-reactive ketones (excluding diaryl/α,β-unsaturated/α-hetero) is 1. The van der Waals surface area contributed by atoms with Crippen LogP contribution < -0.4 is 0 Å². The number of benzene rings is 1. The van der Waals surface area contributed by atoms with Gasteiger partial charge in [0.05, 0.1) is 12.0 Å². The predicted molar refractivity (Wildman–Crippen MR) is 70.6 cm³/mol. The summed E-state index contributed by atoms with van der Waals surface area (Å²) >= 11 is 0. The minimum absolute atomic E-state index is 0.0827. The van der Waals surface area contributed by atoms with Gasteiger partial charge in [-0.15, -0.1) is 0 Å². The summed E-state index contributed by atoms with van der Waals surface area (Å²) in [4.78, 5) is 24.3. The number of esters is 1. The number of carbonyl (C=O) groups excluding carboxylic acids is 2. The molecule has 1 aromatic rings. The molecule has 0 spiro atoms. The van der Waals surface area contributed by atoms with Gasteiger partial charge in [-0.25, -0.2) is 9.18 Å². The van der Waals surface area contributed by atoms with Crippen molar-refractivity contribution in [3.8, 4) is 0 Å². The second-order valence-electron chi connectivity index (χ2n) is 5.06. The number of aliphatic hydroxyl groups is 1. The van der Waals surface area contributed by atoms with Gasteiger partial charge in [0, 0.05) is 11.1 Å². The molecule has 0 fully saturated rings. The Morgan fingerprint density at radius 3 is 2.65 bits per heavy atom. The van der Waals surface area contributed by atoms with Gasteiger partial charge in [0.1, 0.15) is 17.1 Å². The minimum Gasteiger partial charge on any atom is -0.506 e. The molecule has 0 saturated heterocycles. The Morgan fingerprint density at radius 1 is 1.40 bits per heavy atom. The number of ether oxygens (including phenoxy) is 1. The number of aliphatic hydroxyl groups excluding tert-OH is 1. The van der Waals surface area contributed by atoms with Gasteiger partial charge in [0.2, 0.25) is 0 Å². The van der Waals surface area contributed by atoms with E-state index in [4.69, 9.17) is 4.74 Å². The lowest BCUT2D eigenvalue weighted by Crippen LogP contribution is -2.39. The first kappa shape index (κ1) is 14.2. The van der Waals surface area contributed by atoms with Crippen LogP contribution in [-0.4, -0.2) is 23.5 Å². The quantitative estimate of drug-likeness (QED) is 0.667. The molecular formula is C15H15FO4. The molecule has 2 rings (SSSR count). The molecule has 106 valence electrons. The number of ketones is 1. The van der Waals surface area contributed by atoms with E-state index >= 15 is 0 Å². The third-order valence-corrected chi connectivity index (χ3v) is 3.40. The van der Waals surface area contributed by atoms with Crippen LogP contribution in [-0.2, 0) is 19.7 Å². The summed E-state index contributed by atoms with van der Waals surface area (Å²) in [6, 6.07) is 4.11. The molecule has 0 bridgehead atoms. The monoisotopic (exact) mass is 278 g/mol. The zero-order valence-electron chi connectivity index (χ0n) is 11.5. The molecular weight excluding hydrogens is 263 g/mol. The number of hydrogen-bond donors (Lipinski definition) is 1. The Labute approximate surface area is 115 Å². The molecule has 0 aromatic heterocycles. The molecule has 1 N–H and O–H groups in total. The van der Waals surface area contributed by atoms with E-state index in [1.807, 2.05) is 0 Å². The average molecular weight is 278 g/mol. The lowest BCUT2D eigenvalue weighted by Gasteiger charge is -2.31. The van der Waals surface area contributed by atoms with E-state index in [0.29, 0.717) is 0 Å². The average Bonchev–Trinajstić information content (AvgIpc) is 2.37. The van der Waals surface area contributed by atoms with Gasteiger partial charge in [-0.3, -0.25) is 4.79 Å². The van der Waals surface area contributed by atoms with Crippen LogP contribution in [0, 0.1) is 5.82 Å². The fourth-order valence-electron chi connectivity index (χ4n) is 2.42. The Bertz CT molecular complexity index is 629. The lowest BCUT2D eigenvalue weighted by molar-refractivity contribution is -0.140. The van der Waals surface area contributed by atoms with Gasteiger partial charge in [0.15, 0.2) is 5.78 Å². The highest BCUT2D eigenvalue weighted by molar-refractivity contribution is 6.26. The van der Waals surface area contributed by atoms with Crippen molar-refractivity contribution in [3.05, 3.63) is 40.7 Å². The normalized spacial score (nSPS) is 16.9. The topological polar surface area (TPSA) is 63.6 Å². The summed E-state index contributed by atoms with van der Waals surface area (Å²) in [6.45, 7) is 4.72. The first-order valence-corrected chi connectivity index (χ1v) is 6.26. The molecule has 1 aromatic carbocycles.